The van der Waals surface area contributed by atoms with Crippen LogP contribution in [-0.4, -0.2) is 127 Å². The van der Waals surface area contributed by atoms with E-state index in [0.29, 0.717) is 11.1 Å². The molecule has 2 aromatic carbocycles. The molecule has 0 radical (unpaired) electrons. The van der Waals surface area contributed by atoms with Gasteiger partial charge >= 0.3 is 5.97 Å². The van der Waals surface area contributed by atoms with Gasteiger partial charge in [0.15, 0.2) is 41.7 Å². The van der Waals surface area contributed by atoms with Crippen LogP contribution < -0.4 is 0 Å². The van der Waals surface area contributed by atoms with Crippen LogP contribution in [0.2, 0.25) is 0 Å². The van der Waals surface area contributed by atoms with Crippen molar-refractivity contribution in [2.45, 2.75) is 74.8 Å². The predicted octanol–water partition coefficient (Wildman–Crippen LogP) is -1.02. The number of aliphatic hydroxyl groups is 5. The van der Waals surface area contributed by atoms with Gasteiger partial charge in [-0.15, -0.1) is 0 Å². The Balaban J connectivity index is 1.45. The van der Waals surface area contributed by atoms with Crippen LogP contribution in [0.1, 0.15) is 18.1 Å². The first-order valence-corrected chi connectivity index (χ1v) is 13.7. The van der Waals surface area contributed by atoms with Gasteiger partial charge in [0, 0.05) is 6.08 Å². The molecule has 2 fully saturated rings. The lowest BCUT2D eigenvalue weighted by atomic mass is 9.98. The number of phenols is 4. The molecule has 10 atom stereocenters. The van der Waals surface area contributed by atoms with Crippen molar-refractivity contribution in [3.8, 4) is 23.0 Å². The average Bonchev–Trinajstić information content (AvgIpc) is 2.99. The average molecular weight is 625 g/mol. The molecule has 0 saturated carbocycles. The molecule has 0 spiro atoms. The number of carbonyl (C=O) groups is 1. The summed E-state index contributed by atoms with van der Waals surface area (Å²) in [6, 6.07) is 7.99. The summed E-state index contributed by atoms with van der Waals surface area (Å²) in [4.78, 5) is 12.6. The Labute approximate surface area is 251 Å². The number of aliphatic hydroxyl groups excluding tert-OH is 5. The third kappa shape index (κ3) is 7.95. The van der Waals surface area contributed by atoms with Crippen molar-refractivity contribution in [3.63, 3.8) is 0 Å². The highest BCUT2D eigenvalue weighted by molar-refractivity contribution is 5.87. The van der Waals surface area contributed by atoms with Gasteiger partial charge in [0.2, 0.25) is 0 Å². The summed E-state index contributed by atoms with van der Waals surface area (Å²) in [7, 11) is 0. The largest absolute Gasteiger partial charge is 0.504 e. The fourth-order valence-electron chi connectivity index (χ4n) is 4.66. The summed E-state index contributed by atoms with van der Waals surface area (Å²) in [6.45, 7) is 0.888. The first kappa shape index (κ1) is 33.4. The highest BCUT2D eigenvalue weighted by Crippen LogP contribution is 2.29. The Bertz CT molecular complexity index is 1300. The van der Waals surface area contributed by atoms with Gasteiger partial charge in [-0.25, -0.2) is 4.79 Å². The van der Waals surface area contributed by atoms with Gasteiger partial charge in [0.25, 0.3) is 0 Å². The standard InChI is InChI=1S/C29H36O15/c1-13-22(35)24(37)25(38)28(42-13)41-12-20-23(36)27(44-21(34)7-4-14-2-5-16(30)18(32)10-14)26(39)29(43-20)40-9-8-15-3-6-17(31)19(33)11-15/h2-7,10-11,13,20,22-33,35-39H,8-9,12H2,1H3/t13-,20+,22-,23+,24+,25+,26+,27-,28+,29+/m0/s1. The third-order valence-electron chi connectivity index (χ3n) is 7.25. The smallest absolute Gasteiger partial charge is 0.331 e. The summed E-state index contributed by atoms with van der Waals surface area (Å²) in [5.41, 5.74) is 0.919. The van der Waals surface area contributed by atoms with Crippen LogP contribution in [0, 0.1) is 0 Å². The lowest BCUT2D eigenvalue weighted by Gasteiger charge is -2.43. The quantitative estimate of drug-likeness (QED) is 0.0873. The van der Waals surface area contributed by atoms with Gasteiger partial charge in [-0.1, -0.05) is 12.1 Å². The molecule has 2 aliphatic rings. The van der Waals surface area contributed by atoms with Crippen LogP contribution >= 0.6 is 0 Å². The molecule has 9 N–H and O–H groups in total. The topological polar surface area (TPSA) is 245 Å². The van der Waals surface area contributed by atoms with Crippen molar-refractivity contribution in [2.24, 2.45) is 0 Å². The molecule has 2 aliphatic heterocycles. The van der Waals surface area contributed by atoms with Crippen LogP contribution in [-0.2, 0) is 34.9 Å². The molecular formula is C29H36O15. The van der Waals surface area contributed by atoms with E-state index in [9.17, 15) is 50.8 Å². The fraction of sp³-hybridized carbons (Fsp3) is 0.483. The van der Waals surface area contributed by atoms with Gasteiger partial charge in [0.05, 0.1) is 19.3 Å². The lowest BCUT2D eigenvalue weighted by molar-refractivity contribution is -0.328. The third-order valence-corrected chi connectivity index (χ3v) is 7.25. The zero-order chi connectivity index (χ0) is 32.1. The molecule has 15 heteroatoms. The normalized spacial score (nSPS) is 32.5. The summed E-state index contributed by atoms with van der Waals surface area (Å²) >= 11 is 0. The van der Waals surface area contributed by atoms with Gasteiger partial charge in [-0.2, -0.15) is 0 Å². The molecule has 44 heavy (non-hydrogen) atoms. The summed E-state index contributed by atoms with van der Waals surface area (Å²) < 4.78 is 27.7. The minimum absolute atomic E-state index is 0.0768. The summed E-state index contributed by atoms with van der Waals surface area (Å²) in [5, 5.41) is 90.5. The van der Waals surface area contributed by atoms with E-state index in [0.717, 1.165) is 6.08 Å². The number of hydrogen-bond acceptors (Lipinski definition) is 15. The van der Waals surface area contributed by atoms with E-state index in [4.69, 9.17) is 23.7 Å². The second-order valence-electron chi connectivity index (χ2n) is 10.5. The fourth-order valence-corrected chi connectivity index (χ4v) is 4.66. The van der Waals surface area contributed by atoms with Crippen LogP contribution in [0.25, 0.3) is 6.08 Å². The van der Waals surface area contributed by atoms with Crippen LogP contribution in [0.3, 0.4) is 0 Å². The Hall–Kier alpha value is -3.51. The first-order chi connectivity index (χ1) is 20.8. The van der Waals surface area contributed by atoms with E-state index in [1.54, 1.807) is 6.07 Å². The minimum atomic E-state index is -1.70. The van der Waals surface area contributed by atoms with Gasteiger partial charge < -0.3 is 69.6 Å². The van der Waals surface area contributed by atoms with E-state index in [-0.39, 0.29) is 30.3 Å². The number of ether oxygens (including phenoxy) is 5. The molecule has 4 rings (SSSR count). The number of rotatable bonds is 10. The van der Waals surface area contributed by atoms with Crippen molar-refractivity contribution in [3.05, 3.63) is 53.6 Å². The monoisotopic (exact) mass is 624 g/mol. The van der Waals surface area contributed by atoms with E-state index in [1.807, 2.05) is 0 Å². The molecular weight excluding hydrogens is 588 g/mol. The van der Waals surface area contributed by atoms with Crippen LogP contribution in [0.5, 0.6) is 23.0 Å². The van der Waals surface area contributed by atoms with E-state index in [2.05, 4.69) is 0 Å². The molecule has 0 aromatic heterocycles. The van der Waals surface area contributed by atoms with Crippen molar-refractivity contribution >= 4 is 12.0 Å². The van der Waals surface area contributed by atoms with Gasteiger partial charge in [-0.3, -0.25) is 0 Å². The SMILES string of the molecule is C[C@@H]1O[C@@H](OC[C@H]2O[C@@H](OCCc3ccc(O)c(O)c3)[C@H](O)[C@@H](OC(=O)C=Cc3ccc(O)c(O)c3)[C@@H]2O)[C@H](O)[C@H](O)[C@H]1O. The molecule has 2 aromatic rings. The van der Waals surface area contributed by atoms with E-state index in [1.165, 1.54) is 43.3 Å². The molecule has 0 amide bonds. The molecule has 2 saturated heterocycles. The number of phenolic OH excluding ortho intramolecular Hbond substituents is 4. The zero-order valence-corrected chi connectivity index (χ0v) is 23.5. The number of carbonyl (C=O) groups excluding carboxylic acids is 1. The van der Waals surface area contributed by atoms with Crippen molar-refractivity contribution in [1.29, 1.82) is 0 Å². The summed E-state index contributed by atoms with van der Waals surface area (Å²) in [6.07, 6.45) is -12.2. The predicted molar refractivity (Wildman–Crippen MR) is 147 cm³/mol. The Morgan fingerprint density at radius 1 is 0.773 bits per heavy atom. The number of hydrogen-bond donors (Lipinski definition) is 9. The van der Waals surface area contributed by atoms with Crippen LogP contribution in [0.15, 0.2) is 42.5 Å². The Morgan fingerprint density at radius 3 is 2.11 bits per heavy atom. The second kappa shape index (κ2) is 14.5. The van der Waals surface area contributed by atoms with Gasteiger partial charge in [-0.05, 0) is 54.8 Å². The first-order valence-electron chi connectivity index (χ1n) is 13.7. The summed E-state index contributed by atoms with van der Waals surface area (Å²) in [5.74, 6) is -2.39. The number of benzene rings is 2. The number of aromatic hydroxyl groups is 4. The number of esters is 1. The van der Waals surface area contributed by atoms with Crippen molar-refractivity contribution in [1.82, 2.24) is 0 Å². The second-order valence-corrected chi connectivity index (χ2v) is 10.5. The maximum Gasteiger partial charge on any atom is 0.331 e. The Kier molecular flexibility index (Phi) is 11.0. The molecule has 0 aliphatic carbocycles. The minimum Gasteiger partial charge on any atom is -0.504 e. The van der Waals surface area contributed by atoms with Crippen LogP contribution in [0.4, 0.5) is 0 Å². The Morgan fingerprint density at radius 2 is 1.43 bits per heavy atom. The zero-order valence-electron chi connectivity index (χ0n) is 23.5. The molecule has 15 nitrogen and oxygen atoms in total. The van der Waals surface area contributed by atoms with Gasteiger partial charge in [0.1, 0.15) is 36.6 Å². The van der Waals surface area contributed by atoms with E-state index >= 15 is 0 Å². The molecule has 0 bridgehead atoms. The molecule has 242 valence electrons. The molecule has 0 unspecified atom stereocenters. The molecule has 2 heterocycles. The highest BCUT2D eigenvalue weighted by Gasteiger charge is 2.49. The lowest BCUT2D eigenvalue weighted by Crippen LogP contribution is -2.62. The highest BCUT2D eigenvalue weighted by atomic mass is 16.7. The van der Waals surface area contributed by atoms with Crippen molar-refractivity contribution < 1.29 is 74.4 Å². The van der Waals surface area contributed by atoms with E-state index < -0.39 is 79.7 Å². The maximum absolute atomic E-state index is 12.6. The maximum atomic E-state index is 12.6. The van der Waals surface area contributed by atoms with Crippen molar-refractivity contribution in [2.75, 3.05) is 13.2 Å².